The van der Waals surface area contributed by atoms with Gasteiger partial charge in [0.05, 0.1) is 5.02 Å². The molecular weight excluding hydrogens is 210 g/mol. The standard InChI is InChI=1S/C12H16ClNO/c1-14(2)10-4-3-8-7-12(15)11(13)6-9(8)5-10/h6-7,10,15H,3-5H2,1-2H3. The van der Waals surface area contributed by atoms with Gasteiger partial charge in [0.2, 0.25) is 0 Å². The van der Waals surface area contributed by atoms with Gasteiger partial charge in [-0.2, -0.15) is 0 Å². The van der Waals surface area contributed by atoms with Crippen molar-refractivity contribution >= 4 is 11.6 Å². The second-order valence-electron chi connectivity index (χ2n) is 4.43. The fourth-order valence-corrected chi connectivity index (χ4v) is 2.37. The summed E-state index contributed by atoms with van der Waals surface area (Å²) in [5.41, 5.74) is 2.53. The Morgan fingerprint density at radius 1 is 1.33 bits per heavy atom. The lowest BCUT2D eigenvalue weighted by molar-refractivity contribution is 0.268. The molecule has 3 heteroatoms. The van der Waals surface area contributed by atoms with E-state index in [1.54, 1.807) is 0 Å². The number of hydrogen-bond donors (Lipinski definition) is 1. The van der Waals surface area contributed by atoms with Gasteiger partial charge >= 0.3 is 0 Å². The normalized spacial score (nSPS) is 20.4. The minimum atomic E-state index is 0.207. The molecule has 1 atom stereocenters. The maximum atomic E-state index is 9.51. The lowest BCUT2D eigenvalue weighted by atomic mass is 9.87. The number of nitrogens with zero attached hydrogens (tertiary/aromatic N) is 1. The third kappa shape index (κ3) is 2.11. The molecule has 0 aromatic heterocycles. The first kappa shape index (κ1) is 10.8. The highest BCUT2D eigenvalue weighted by Gasteiger charge is 2.21. The molecule has 1 N–H and O–H groups in total. The Balaban J connectivity index is 2.30. The van der Waals surface area contributed by atoms with Gasteiger partial charge in [0.15, 0.2) is 0 Å². The molecule has 0 heterocycles. The van der Waals surface area contributed by atoms with Crippen molar-refractivity contribution in [1.29, 1.82) is 0 Å². The van der Waals surface area contributed by atoms with Crippen molar-refractivity contribution in [2.75, 3.05) is 14.1 Å². The molecule has 1 aliphatic rings. The molecule has 0 amide bonds. The zero-order valence-corrected chi connectivity index (χ0v) is 9.88. The maximum Gasteiger partial charge on any atom is 0.134 e. The van der Waals surface area contributed by atoms with Crippen LogP contribution < -0.4 is 0 Å². The summed E-state index contributed by atoms with van der Waals surface area (Å²) in [5, 5.41) is 9.97. The van der Waals surface area contributed by atoms with Crippen molar-refractivity contribution in [2.45, 2.75) is 25.3 Å². The first-order valence-corrected chi connectivity index (χ1v) is 5.62. The smallest absolute Gasteiger partial charge is 0.134 e. The van der Waals surface area contributed by atoms with E-state index in [4.69, 9.17) is 11.6 Å². The Labute approximate surface area is 95.5 Å². The van der Waals surface area contributed by atoms with Gasteiger partial charge in [0.1, 0.15) is 5.75 Å². The predicted octanol–water partition coefficient (Wildman–Crippen LogP) is 2.46. The number of fused-ring (bicyclic) bond motifs is 1. The molecule has 0 saturated carbocycles. The number of likely N-dealkylation sites (N-methyl/N-ethyl adjacent to an activating group) is 1. The van der Waals surface area contributed by atoms with Crippen LogP contribution in [0.3, 0.4) is 0 Å². The van der Waals surface area contributed by atoms with Gasteiger partial charge in [0, 0.05) is 6.04 Å². The topological polar surface area (TPSA) is 23.5 Å². The Morgan fingerprint density at radius 2 is 2.07 bits per heavy atom. The van der Waals surface area contributed by atoms with E-state index in [0.29, 0.717) is 11.1 Å². The van der Waals surface area contributed by atoms with E-state index in [1.807, 2.05) is 12.1 Å². The molecule has 0 spiro atoms. The van der Waals surface area contributed by atoms with Gasteiger partial charge in [-0.05, 0) is 56.6 Å². The molecule has 0 bridgehead atoms. The van der Waals surface area contributed by atoms with Gasteiger partial charge in [0.25, 0.3) is 0 Å². The largest absolute Gasteiger partial charge is 0.506 e. The summed E-state index contributed by atoms with van der Waals surface area (Å²) < 4.78 is 0. The molecule has 0 aliphatic heterocycles. The van der Waals surface area contributed by atoms with Gasteiger partial charge in [-0.25, -0.2) is 0 Å². The number of hydrogen-bond acceptors (Lipinski definition) is 2. The molecule has 0 radical (unpaired) electrons. The number of rotatable bonds is 1. The van der Waals surface area contributed by atoms with Crippen LogP contribution in [0.1, 0.15) is 17.5 Å². The molecule has 82 valence electrons. The van der Waals surface area contributed by atoms with Crippen LogP contribution in [0.4, 0.5) is 0 Å². The SMILES string of the molecule is CN(C)C1CCc2cc(O)c(Cl)cc2C1. The summed E-state index contributed by atoms with van der Waals surface area (Å²) in [5.74, 6) is 0.207. The van der Waals surface area contributed by atoms with E-state index < -0.39 is 0 Å². The third-order valence-electron chi connectivity index (χ3n) is 3.20. The Bertz CT molecular complexity index is 376. The van der Waals surface area contributed by atoms with Crippen molar-refractivity contribution in [3.05, 3.63) is 28.3 Å². The lowest BCUT2D eigenvalue weighted by Crippen LogP contribution is -2.33. The van der Waals surface area contributed by atoms with Crippen molar-refractivity contribution in [3.63, 3.8) is 0 Å². The van der Waals surface area contributed by atoms with Crippen molar-refractivity contribution < 1.29 is 5.11 Å². The number of phenolic OH excluding ortho intramolecular Hbond substituents is 1. The number of aromatic hydroxyl groups is 1. The summed E-state index contributed by atoms with van der Waals surface area (Å²) in [6, 6.07) is 4.31. The van der Waals surface area contributed by atoms with Gasteiger partial charge < -0.3 is 10.0 Å². The van der Waals surface area contributed by atoms with Crippen LogP contribution >= 0.6 is 11.6 Å². The maximum absolute atomic E-state index is 9.51. The summed E-state index contributed by atoms with van der Waals surface area (Å²) in [6.07, 6.45) is 3.21. The van der Waals surface area contributed by atoms with Crippen LogP contribution in [-0.2, 0) is 12.8 Å². The lowest BCUT2D eigenvalue weighted by Gasteiger charge is -2.30. The zero-order chi connectivity index (χ0) is 11.0. The molecule has 15 heavy (non-hydrogen) atoms. The fourth-order valence-electron chi connectivity index (χ4n) is 2.19. The van der Waals surface area contributed by atoms with Crippen LogP contribution in [0, 0.1) is 0 Å². The number of benzene rings is 1. The summed E-state index contributed by atoms with van der Waals surface area (Å²) in [6.45, 7) is 0. The van der Waals surface area contributed by atoms with E-state index in [1.165, 1.54) is 11.1 Å². The van der Waals surface area contributed by atoms with E-state index in [0.717, 1.165) is 19.3 Å². The van der Waals surface area contributed by atoms with Gasteiger partial charge in [-0.15, -0.1) is 0 Å². The average molecular weight is 226 g/mol. The summed E-state index contributed by atoms with van der Waals surface area (Å²) in [7, 11) is 4.22. The quantitative estimate of drug-likeness (QED) is 0.794. The van der Waals surface area contributed by atoms with Crippen LogP contribution in [0.15, 0.2) is 12.1 Å². The van der Waals surface area contributed by atoms with Crippen molar-refractivity contribution in [2.24, 2.45) is 0 Å². The molecule has 1 unspecified atom stereocenters. The van der Waals surface area contributed by atoms with Gasteiger partial charge in [-0.3, -0.25) is 0 Å². The Hall–Kier alpha value is -0.730. The van der Waals surface area contributed by atoms with Crippen LogP contribution in [0.5, 0.6) is 5.75 Å². The minimum Gasteiger partial charge on any atom is -0.506 e. The molecule has 1 aromatic rings. The van der Waals surface area contributed by atoms with E-state index >= 15 is 0 Å². The van der Waals surface area contributed by atoms with Crippen LogP contribution in [0.25, 0.3) is 0 Å². The number of aryl methyl sites for hydroxylation is 1. The summed E-state index contributed by atoms with van der Waals surface area (Å²) >= 11 is 5.91. The molecule has 0 saturated heterocycles. The van der Waals surface area contributed by atoms with Crippen molar-refractivity contribution in [1.82, 2.24) is 4.90 Å². The van der Waals surface area contributed by atoms with Crippen LogP contribution in [0.2, 0.25) is 5.02 Å². The number of halogens is 1. The first-order valence-electron chi connectivity index (χ1n) is 5.24. The highest BCUT2D eigenvalue weighted by Crippen LogP contribution is 2.32. The highest BCUT2D eigenvalue weighted by atomic mass is 35.5. The second kappa shape index (κ2) is 4.03. The Morgan fingerprint density at radius 3 is 2.73 bits per heavy atom. The van der Waals surface area contributed by atoms with Crippen LogP contribution in [-0.4, -0.2) is 30.1 Å². The number of phenols is 1. The van der Waals surface area contributed by atoms with E-state index in [9.17, 15) is 5.11 Å². The van der Waals surface area contributed by atoms with Gasteiger partial charge in [-0.1, -0.05) is 11.6 Å². The molecule has 2 nitrogen and oxygen atoms in total. The second-order valence-corrected chi connectivity index (χ2v) is 4.84. The molecule has 1 aromatic carbocycles. The average Bonchev–Trinajstić information content (AvgIpc) is 2.19. The first-order chi connectivity index (χ1) is 7.08. The fraction of sp³-hybridized carbons (Fsp3) is 0.500. The highest BCUT2D eigenvalue weighted by molar-refractivity contribution is 6.32. The van der Waals surface area contributed by atoms with E-state index in [2.05, 4.69) is 19.0 Å². The summed E-state index contributed by atoms with van der Waals surface area (Å²) in [4.78, 5) is 2.25. The Kier molecular flexibility index (Phi) is 2.89. The third-order valence-corrected chi connectivity index (χ3v) is 3.50. The predicted molar refractivity (Wildman–Crippen MR) is 62.6 cm³/mol. The molecule has 0 fully saturated rings. The monoisotopic (exact) mass is 225 g/mol. The molecule has 1 aliphatic carbocycles. The molecular formula is C12H16ClNO. The zero-order valence-electron chi connectivity index (χ0n) is 9.13. The van der Waals surface area contributed by atoms with Crippen molar-refractivity contribution in [3.8, 4) is 5.75 Å². The molecule has 2 rings (SSSR count). The minimum absolute atomic E-state index is 0.207. The van der Waals surface area contributed by atoms with E-state index in [-0.39, 0.29) is 5.75 Å².